The molecule has 2 aromatic rings. The first-order valence-electron chi connectivity index (χ1n) is 6.31. The minimum atomic E-state index is -4.28. The summed E-state index contributed by atoms with van der Waals surface area (Å²) < 4.78 is 53.3. The van der Waals surface area contributed by atoms with Gasteiger partial charge in [-0.25, -0.2) is 17.8 Å². The monoisotopic (exact) mass is 382 g/mol. The highest BCUT2D eigenvalue weighted by Gasteiger charge is 2.23. The molecule has 0 saturated heterocycles. The van der Waals surface area contributed by atoms with Gasteiger partial charge in [0.15, 0.2) is 10.3 Å². The van der Waals surface area contributed by atoms with Crippen molar-refractivity contribution >= 4 is 43.8 Å². The van der Waals surface area contributed by atoms with Crippen molar-refractivity contribution in [3.05, 3.63) is 34.3 Å². The predicted octanol–water partition coefficient (Wildman–Crippen LogP) is 2.63. The van der Waals surface area contributed by atoms with Crippen LogP contribution in [0.2, 0.25) is 5.02 Å². The molecule has 0 aliphatic rings. The highest BCUT2D eigenvalue weighted by molar-refractivity contribution is 7.93. The Morgan fingerprint density at radius 2 is 2.13 bits per heavy atom. The Balaban J connectivity index is 2.30. The molecule has 126 valence electrons. The van der Waals surface area contributed by atoms with Crippen molar-refractivity contribution in [3.8, 4) is 0 Å². The molecule has 0 spiro atoms. The second-order valence-electron chi connectivity index (χ2n) is 4.70. The molecule has 23 heavy (non-hydrogen) atoms. The summed E-state index contributed by atoms with van der Waals surface area (Å²) in [6.45, 7) is 2.08. The quantitative estimate of drug-likeness (QED) is 0.713. The first kappa shape index (κ1) is 17.9. The maximum atomic E-state index is 14.1. The molecule has 11 heteroatoms. The molecular formula is C12H13ClF2N4O2S2. The molecular weight excluding hydrogens is 370 g/mol. The number of halogens is 3. The molecule has 1 aromatic carbocycles. The average molecular weight is 383 g/mol. The Kier molecular flexibility index (Phi) is 5.40. The van der Waals surface area contributed by atoms with Crippen LogP contribution in [0.3, 0.4) is 0 Å². The van der Waals surface area contributed by atoms with Crippen molar-refractivity contribution in [2.24, 2.45) is 5.73 Å². The lowest BCUT2D eigenvalue weighted by Gasteiger charge is -2.13. The summed E-state index contributed by atoms with van der Waals surface area (Å²) in [5, 5.41) is 1.94. The van der Waals surface area contributed by atoms with Crippen LogP contribution in [0.4, 0.5) is 19.6 Å². The molecule has 4 N–H and O–H groups in total. The van der Waals surface area contributed by atoms with Gasteiger partial charge in [-0.15, -0.1) is 0 Å². The zero-order valence-corrected chi connectivity index (χ0v) is 14.2. The van der Waals surface area contributed by atoms with Crippen LogP contribution >= 0.6 is 22.9 Å². The number of aromatic nitrogens is 1. The van der Waals surface area contributed by atoms with Crippen LogP contribution in [0.15, 0.2) is 23.2 Å². The van der Waals surface area contributed by atoms with E-state index in [9.17, 15) is 17.2 Å². The topological polar surface area (TPSA) is 97.1 Å². The van der Waals surface area contributed by atoms with E-state index in [0.717, 1.165) is 18.3 Å². The van der Waals surface area contributed by atoms with E-state index >= 15 is 0 Å². The fraction of sp³-hybridized carbons (Fsp3) is 0.250. The van der Waals surface area contributed by atoms with Crippen LogP contribution in [0.5, 0.6) is 0 Å². The molecule has 0 aliphatic carbocycles. The van der Waals surface area contributed by atoms with Crippen LogP contribution in [0.25, 0.3) is 0 Å². The van der Waals surface area contributed by atoms with Crippen molar-refractivity contribution in [3.63, 3.8) is 0 Å². The minimum Gasteiger partial charge on any atom is -0.382 e. The van der Waals surface area contributed by atoms with Crippen molar-refractivity contribution in [1.29, 1.82) is 0 Å². The van der Waals surface area contributed by atoms with Gasteiger partial charge in [-0.1, -0.05) is 22.9 Å². The van der Waals surface area contributed by atoms with E-state index in [2.05, 4.69) is 10.3 Å². The number of rotatable bonds is 6. The maximum Gasteiger partial charge on any atom is 0.266 e. The van der Waals surface area contributed by atoms with Crippen LogP contribution in [0, 0.1) is 10.9 Å². The van der Waals surface area contributed by atoms with E-state index in [1.165, 1.54) is 0 Å². The standard InChI is InChI=1S/C12H13ClF2N4O2S2/c1-6(16)4-17-9-3-8(14)10(2-7(9)13)23(20,21)19-12-18-5-11(15)22-12/h2-3,5-6,17H,4,16H2,1H3,(H,18,19)/t6-/m0/s1. The Labute approximate surface area is 140 Å². The number of nitrogens with zero attached hydrogens (tertiary/aromatic N) is 1. The Bertz CT molecular complexity index is 811. The number of hydrogen-bond acceptors (Lipinski definition) is 6. The van der Waals surface area contributed by atoms with Gasteiger partial charge in [0.2, 0.25) is 0 Å². The van der Waals surface area contributed by atoms with E-state index in [0.29, 0.717) is 17.9 Å². The molecule has 0 fully saturated rings. The summed E-state index contributed by atoms with van der Waals surface area (Å²) >= 11 is 6.45. The second-order valence-corrected chi connectivity index (χ2v) is 7.73. The predicted molar refractivity (Wildman–Crippen MR) is 86.4 cm³/mol. The summed E-state index contributed by atoms with van der Waals surface area (Å²) in [5.74, 6) is -1.01. The molecule has 1 atom stereocenters. The van der Waals surface area contributed by atoms with Crippen LogP contribution in [-0.4, -0.2) is 26.0 Å². The Hall–Kier alpha value is -1.49. The molecule has 2 rings (SSSR count). The number of nitrogens with two attached hydrogens (primary N) is 1. The largest absolute Gasteiger partial charge is 0.382 e. The van der Waals surface area contributed by atoms with Crippen molar-refractivity contribution < 1.29 is 17.2 Å². The highest BCUT2D eigenvalue weighted by Crippen LogP contribution is 2.29. The van der Waals surface area contributed by atoms with Gasteiger partial charge in [-0.2, -0.15) is 4.39 Å². The number of benzene rings is 1. The van der Waals surface area contributed by atoms with E-state index in [1.54, 1.807) is 6.92 Å². The van der Waals surface area contributed by atoms with Gasteiger partial charge in [-0.05, 0) is 19.1 Å². The molecule has 0 radical (unpaired) electrons. The molecule has 0 unspecified atom stereocenters. The van der Waals surface area contributed by atoms with Crippen LogP contribution in [0.1, 0.15) is 6.92 Å². The minimum absolute atomic E-state index is 0.0118. The van der Waals surface area contributed by atoms with Gasteiger partial charge >= 0.3 is 0 Å². The number of nitrogens with one attached hydrogen (secondary N) is 2. The van der Waals surface area contributed by atoms with Gasteiger partial charge in [0.1, 0.15) is 10.7 Å². The van der Waals surface area contributed by atoms with E-state index in [4.69, 9.17) is 17.3 Å². The molecule has 0 aliphatic heterocycles. The van der Waals surface area contributed by atoms with Crippen molar-refractivity contribution in [2.75, 3.05) is 16.6 Å². The summed E-state index contributed by atoms with van der Waals surface area (Å²) in [5.41, 5.74) is 5.80. The van der Waals surface area contributed by atoms with Crippen LogP contribution in [-0.2, 0) is 10.0 Å². The fourth-order valence-electron chi connectivity index (χ4n) is 1.61. The number of anilines is 2. The van der Waals surface area contributed by atoms with Gasteiger partial charge in [-0.3, -0.25) is 4.72 Å². The average Bonchev–Trinajstić information content (AvgIpc) is 2.83. The third kappa shape index (κ3) is 4.50. The van der Waals surface area contributed by atoms with Gasteiger partial charge < -0.3 is 11.1 Å². The summed E-state index contributed by atoms with van der Waals surface area (Å²) in [6.07, 6.45) is 0.854. The lowest BCUT2D eigenvalue weighted by Crippen LogP contribution is -2.25. The lowest BCUT2D eigenvalue weighted by molar-refractivity contribution is 0.570. The first-order valence-corrected chi connectivity index (χ1v) is 8.99. The second kappa shape index (κ2) is 6.95. The fourth-order valence-corrected chi connectivity index (χ4v) is 3.78. The first-order chi connectivity index (χ1) is 10.7. The molecule has 0 saturated carbocycles. The highest BCUT2D eigenvalue weighted by atomic mass is 35.5. The van der Waals surface area contributed by atoms with Crippen LogP contribution < -0.4 is 15.8 Å². The molecule has 6 nitrogen and oxygen atoms in total. The maximum absolute atomic E-state index is 14.1. The Morgan fingerprint density at radius 1 is 1.43 bits per heavy atom. The van der Waals surface area contributed by atoms with Gasteiger partial charge in [0, 0.05) is 12.6 Å². The van der Waals surface area contributed by atoms with E-state index in [-0.39, 0.29) is 21.9 Å². The summed E-state index contributed by atoms with van der Waals surface area (Å²) in [4.78, 5) is 2.85. The van der Waals surface area contributed by atoms with Crippen molar-refractivity contribution in [2.45, 2.75) is 17.9 Å². The summed E-state index contributed by atoms with van der Waals surface area (Å²) in [6, 6.07) is 1.73. The molecule has 1 aromatic heterocycles. The number of sulfonamides is 1. The Morgan fingerprint density at radius 3 is 2.70 bits per heavy atom. The number of hydrogen-bond donors (Lipinski definition) is 3. The van der Waals surface area contributed by atoms with Crippen molar-refractivity contribution in [1.82, 2.24) is 4.98 Å². The van der Waals surface area contributed by atoms with Gasteiger partial charge in [0.25, 0.3) is 10.0 Å². The van der Waals surface area contributed by atoms with Gasteiger partial charge in [0.05, 0.1) is 16.9 Å². The molecule has 0 amide bonds. The third-order valence-corrected chi connectivity index (χ3v) is 5.12. The van der Waals surface area contributed by atoms with E-state index in [1.807, 2.05) is 4.72 Å². The third-order valence-electron chi connectivity index (χ3n) is 2.62. The lowest BCUT2D eigenvalue weighted by atomic mass is 10.3. The summed E-state index contributed by atoms with van der Waals surface area (Å²) in [7, 11) is -4.28. The molecule has 0 bridgehead atoms. The zero-order valence-electron chi connectivity index (χ0n) is 11.8. The zero-order chi connectivity index (χ0) is 17.2. The molecule has 1 heterocycles. The smallest absolute Gasteiger partial charge is 0.266 e. The normalized spacial score (nSPS) is 12.9. The van der Waals surface area contributed by atoms with E-state index < -0.39 is 25.9 Å². The SMILES string of the molecule is C[C@H](N)CNc1cc(F)c(S(=O)(=O)Nc2ncc(F)s2)cc1Cl. The number of thiazole rings is 1.